The van der Waals surface area contributed by atoms with Crippen molar-refractivity contribution in [2.45, 2.75) is 12.8 Å². The molecule has 0 aromatic rings. The molecule has 0 bridgehead atoms. The van der Waals surface area contributed by atoms with Crippen LogP contribution in [0.4, 0.5) is 0 Å². The van der Waals surface area contributed by atoms with Crippen molar-refractivity contribution in [3.8, 4) is 0 Å². The molecule has 0 saturated carbocycles. The molecule has 1 rings (SSSR count). The van der Waals surface area contributed by atoms with Gasteiger partial charge in [0.1, 0.15) is 0 Å². The zero-order chi connectivity index (χ0) is 6.85. The molecular formula is C6H8O3. The van der Waals surface area contributed by atoms with E-state index >= 15 is 0 Å². The van der Waals surface area contributed by atoms with Gasteiger partial charge in [-0.3, -0.25) is 4.79 Å². The van der Waals surface area contributed by atoms with E-state index in [9.17, 15) is 4.79 Å². The van der Waals surface area contributed by atoms with Crippen LogP contribution in [0.5, 0.6) is 0 Å². The highest BCUT2D eigenvalue weighted by molar-refractivity contribution is 5.96. The number of allylic oxidation sites excluding steroid dienone is 1. The highest BCUT2D eigenvalue weighted by Crippen LogP contribution is 2.19. The molecular weight excluding hydrogens is 120 g/mol. The van der Waals surface area contributed by atoms with E-state index in [1.807, 2.05) is 0 Å². The van der Waals surface area contributed by atoms with Gasteiger partial charge in [-0.2, -0.15) is 0 Å². The van der Waals surface area contributed by atoms with E-state index in [0.717, 1.165) is 0 Å². The summed E-state index contributed by atoms with van der Waals surface area (Å²) in [6.45, 7) is -0.197. The largest absolute Gasteiger partial charge is 0.504 e. The fourth-order valence-corrected chi connectivity index (χ4v) is 0.852. The molecule has 0 unspecified atom stereocenters. The molecule has 3 nitrogen and oxygen atoms in total. The summed E-state index contributed by atoms with van der Waals surface area (Å²) < 4.78 is 0. The standard InChI is InChI=1S/C6H8O3/c7-3-4-1-2-5(8)6(4)9/h7,9H,1-3H2. The first-order chi connectivity index (χ1) is 4.25. The number of hydrogen-bond donors (Lipinski definition) is 2. The van der Waals surface area contributed by atoms with Gasteiger partial charge >= 0.3 is 0 Å². The maximum atomic E-state index is 10.5. The molecule has 1 aliphatic rings. The first kappa shape index (κ1) is 6.29. The van der Waals surface area contributed by atoms with Crippen LogP contribution in [0.3, 0.4) is 0 Å². The van der Waals surface area contributed by atoms with Crippen LogP contribution in [-0.2, 0) is 4.79 Å². The lowest BCUT2D eigenvalue weighted by Gasteiger charge is -1.91. The Labute approximate surface area is 52.6 Å². The molecule has 2 N–H and O–H groups in total. The minimum absolute atomic E-state index is 0.197. The first-order valence-corrected chi connectivity index (χ1v) is 2.80. The van der Waals surface area contributed by atoms with E-state index < -0.39 is 0 Å². The zero-order valence-corrected chi connectivity index (χ0v) is 4.92. The topological polar surface area (TPSA) is 57.5 Å². The minimum Gasteiger partial charge on any atom is -0.504 e. The summed E-state index contributed by atoms with van der Waals surface area (Å²) in [5.41, 5.74) is 0.472. The number of Topliss-reactive ketones (excluding diaryl/α,β-unsaturated/α-hetero) is 1. The fraction of sp³-hybridized carbons (Fsp3) is 0.500. The Morgan fingerprint density at radius 3 is 2.33 bits per heavy atom. The monoisotopic (exact) mass is 128 g/mol. The van der Waals surface area contributed by atoms with Crippen molar-refractivity contribution in [3.05, 3.63) is 11.3 Å². The molecule has 0 atom stereocenters. The van der Waals surface area contributed by atoms with Crippen molar-refractivity contribution in [3.63, 3.8) is 0 Å². The molecule has 0 aromatic heterocycles. The number of ketones is 1. The van der Waals surface area contributed by atoms with Gasteiger partial charge in [0.05, 0.1) is 6.61 Å². The molecule has 0 amide bonds. The number of aliphatic hydroxyl groups excluding tert-OH is 2. The Bertz CT molecular complexity index is 169. The molecule has 3 heteroatoms. The van der Waals surface area contributed by atoms with E-state index in [1.165, 1.54) is 0 Å². The number of rotatable bonds is 1. The molecule has 0 spiro atoms. The van der Waals surface area contributed by atoms with Gasteiger partial charge in [0.2, 0.25) is 0 Å². The summed E-state index contributed by atoms with van der Waals surface area (Å²) in [5.74, 6) is -0.475. The van der Waals surface area contributed by atoms with Crippen LogP contribution in [0, 0.1) is 0 Å². The van der Waals surface area contributed by atoms with Crippen molar-refractivity contribution < 1.29 is 15.0 Å². The Morgan fingerprint density at radius 1 is 1.44 bits per heavy atom. The SMILES string of the molecule is O=C1CCC(CO)=C1O. The lowest BCUT2D eigenvalue weighted by molar-refractivity contribution is -0.117. The minimum atomic E-state index is -0.251. The van der Waals surface area contributed by atoms with E-state index in [0.29, 0.717) is 18.4 Å². The molecule has 1 aliphatic carbocycles. The lowest BCUT2D eigenvalue weighted by Crippen LogP contribution is -1.95. The Balaban J connectivity index is 2.79. The Kier molecular flexibility index (Phi) is 1.53. The number of carbonyl (C=O) groups excluding carboxylic acids is 1. The van der Waals surface area contributed by atoms with Gasteiger partial charge in [-0.25, -0.2) is 0 Å². The van der Waals surface area contributed by atoms with Crippen molar-refractivity contribution in [2.24, 2.45) is 0 Å². The summed E-state index contributed by atoms with van der Waals surface area (Å²) in [6, 6.07) is 0. The summed E-state index contributed by atoms with van der Waals surface area (Å²) in [6.07, 6.45) is 0.864. The molecule has 9 heavy (non-hydrogen) atoms. The molecule has 0 aliphatic heterocycles. The highest BCUT2D eigenvalue weighted by atomic mass is 16.3. The normalized spacial score (nSPS) is 19.4. The summed E-state index contributed by atoms with van der Waals surface area (Å²) in [7, 11) is 0. The summed E-state index contributed by atoms with van der Waals surface area (Å²) in [5, 5.41) is 17.3. The van der Waals surface area contributed by atoms with Gasteiger partial charge in [0.25, 0.3) is 0 Å². The molecule has 0 saturated heterocycles. The van der Waals surface area contributed by atoms with E-state index in [2.05, 4.69) is 0 Å². The van der Waals surface area contributed by atoms with Crippen LogP contribution in [0.15, 0.2) is 11.3 Å². The Hall–Kier alpha value is -0.830. The first-order valence-electron chi connectivity index (χ1n) is 2.80. The van der Waals surface area contributed by atoms with Crippen LogP contribution in [0.25, 0.3) is 0 Å². The van der Waals surface area contributed by atoms with E-state index in [1.54, 1.807) is 0 Å². The smallest absolute Gasteiger partial charge is 0.197 e. The molecule has 0 aromatic carbocycles. The van der Waals surface area contributed by atoms with Crippen LogP contribution >= 0.6 is 0 Å². The van der Waals surface area contributed by atoms with Gasteiger partial charge < -0.3 is 10.2 Å². The molecule has 0 heterocycles. The average Bonchev–Trinajstić information content (AvgIpc) is 2.15. The third-order valence-corrected chi connectivity index (χ3v) is 1.44. The highest BCUT2D eigenvalue weighted by Gasteiger charge is 2.20. The van der Waals surface area contributed by atoms with Crippen molar-refractivity contribution >= 4 is 5.78 Å². The summed E-state index contributed by atoms with van der Waals surface area (Å²) >= 11 is 0. The number of hydrogen-bond acceptors (Lipinski definition) is 3. The van der Waals surface area contributed by atoms with E-state index in [-0.39, 0.29) is 18.1 Å². The van der Waals surface area contributed by atoms with Gasteiger partial charge in [0.15, 0.2) is 11.5 Å². The lowest BCUT2D eigenvalue weighted by atomic mass is 10.2. The number of aliphatic hydroxyl groups is 2. The molecule has 0 radical (unpaired) electrons. The maximum absolute atomic E-state index is 10.5. The Morgan fingerprint density at radius 2 is 2.11 bits per heavy atom. The predicted molar refractivity (Wildman–Crippen MR) is 31.0 cm³/mol. The van der Waals surface area contributed by atoms with Gasteiger partial charge in [-0.05, 0) is 6.42 Å². The van der Waals surface area contributed by atoms with Gasteiger partial charge in [0, 0.05) is 12.0 Å². The van der Waals surface area contributed by atoms with E-state index in [4.69, 9.17) is 10.2 Å². The second-order valence-corrected chi connectivity index (χ2v) is 2.03. The number of carbonyl (C=O) groups is 1. The average molecular weight is 128 g/mol. The van der Waals surface area contributed by atoms with Gasteiger partial charge in [-0.15, -0.1) is 0 Å². The van der Waals surface area contributed by atoms with Crippen molar-refractivity contribution in [2.75, 3.05) is 6.61 Å². The van der Waals surface area contributed by atoms with Crippen molar-refractivity contribution in [1.82, 2.24) is 0 Å². The van der Waals surface area contributed by atoms with Gasteiger partial charge in [-0.1, -0.05) is 0 Å². The van der Waals surface area contributed by atoms with Crippen LogP contribution in [-0.4, -0.2) is 22.6 Å². The molecule has 0 fully saturated rings. The van der Waals surface area contributed by atoms with Crippen LogP contribution < -0.4 is 0 Å². The van der Waals surface area contributed by atoms with Crippen LogP contribution in [0.1, 0.15) is 12.8 Å². The predicted octanol–water partition coefficient (Wildman–Crippen LogP) is 0.154. The third-order valence-electron chi connectivity index (χ3n) is 1.44. The van der Waals surface area contributed by atoms with Crippen LogP contribution in [0.2, 0.25) is 0 Å². The molecule has 50 valence electrons. The quantitative estimate of drug-likeness (QED) is 0.528. The van der Waals surface area contributed by atoms with Crippen molar-refractivity contribution in [1.29, 1.82) is 0 Å². The zero-order valence-electron chi connectivity index (χ0n) is 4.92. The second-order valence-electron chi connectivity index (χ2n) is 2.03. The summed E-state index contributed by atoms with van der Waals surface area (Å²) in [4.78, 5) is 10.5. The maximum Gasteiger partial charge on any atom is 0.197 e. The fourth-order valence-electron chi connectivity index (χ4n) is 0.852. The third kappa shape index (κ3) is 0.954. The second kappa shape index (κ2) is 2.19.